The molecular weight excluding hydrogens is 411 g/mol. The normalized spacial score (nSPS) is 13.2. The van der Waals surface area contributed by atoms with E-state index >= 15 is 0 Å². The average Bonchev–Trinajstić information content (AvgIpc) is 2.37. The van der Waals surface area contributed by atoms with Gasteiger partial charge in [-0.25, -0.2) is 0 Å². The zero-order valence-electron chi connectivity index (χ0n) is 10.8. The Balaban J connectivity index is 2.14. The maximum absolute atomic E-state index is 12.5. The maximum atomic E-state index is 12.5. The van der Waals surface area contributed by atoms with Gasteiger partial charge in [0, 0.05) is 15.0 Å². The minimum atomic E-state index is -4.31. The minimum Gasteiger partial charge on any atom is -0.324 e. The molecule has 0 heterocycles. The highest BCUT2D eigenvalue weighted by atomic mass is 79.9. The van der Waals surface area contributed by atoms with Crippen LogP contribution in [0.1, 0.15) is 22.7 Å². The van der Waals surface area contributed by atoms with Crippen molar-refractivity contribution >= 4 is 31.9 Å². The lowest BCUT2D eigenvalue weighted by Crippen LogP contribution is -2.13. The van der Waals surface area contributed by atoms with Crippen molar-refractivity contribution in [2.75, 3.05) is 0 Å². The maximum Gasteiger partial charge on any atom is 0.416 e. The van der Waals surface area contributed by atoms with E-state index in [0.717, 1.165) is 32.2 Å². The molecule has 0 aliphatic rings. The topological polar surface area (TPSA) is 26.0 Å². The molecule has 0 saturated heterocycles. The van der Waals surface area contributed by atoms with Crippen molar-refractivity contribution in [1.29, 1.82) is 0 Å². The molecule has 6 heteroatoms. The number of hydrogen-bond donors (Lipinski definition) is 1. The molecule has 0 spiro atoms. The van der Waals surface area contributed by atoms with Crippen molar-refractivity contribution in [3.05, 3.63) is 68.1 Å². The van der Waals surface area contributed by atoms with Gasteiger partial charge < -0.3 is 5.73 Å². The smallest absolute Gasteiger partial charge is 0.324 e. The van der Waals surface area contributed by atoms with Gasteiger partial charge in [-0.2, -0.15) is 13.2 Å². The van der Waals surface area contributed by atoms with Crippen LogP contribution in [0.25, 0.3) is 0 Å². The zero-order chi connectivity index (χ0) is 15.6. The monoisotopic (exact) mass is 421 g/mol. The fourth-order valence-electron chi connectivity index (χ4n) is 1.99. The first-order valence-corrected chi connectivity index (χ1v) is 7.72. The first kappa shape index (κ1) is 16.5. The Hall–Kier alpha value is -0.850. The van der Waals surface area contributed by atoms with E-state index in [1.807, 2.05) is 18.2 Å². The van der Waals surface area contributed by atoms with Crippen LogP contribution >= 0.6 is 31.9 Å². The summed E-state index contributed by atoms with van der Waals surface area (Å²) in [5.41, 5.74) is 7.16. The minimum absolute atomic E-state index is 0.282. The van der Waals surface area contributed by atoms with E-state index < -0.39 is 11.7 Å². The second-order valence-electron chi connectivity index (χ2n) is 4.71. The molecule has 1 nitrogen and oxygen atoms in total. The lowest BCUT2D eigenvalue weighted by Gasteiger charge is -2.14. The Morgan fingerprint density at radius 3 is 1.95 bits per heavy atom. The molecule has 2 rings (SSSR count). The van der Waals surface area contributed by atoms with Gasteiger partial charge in [0.05, 0.1) is 5.56 Å². The molecule has 2 aromatic rings. The summed E-state index contributed by atoms with van der Waals surface area (Å²) < 4.78 is 39.3. The van der Waals surface area contributed by atoms with Gasteiger partial charge in [0.25, 0.3) is 0 Å². The van der Waals surface area contributed by atoms with Crippen LogP contribution in [-0.2, 0) is 12.6 Å². The molecule has 2 aromatic carbocycles. The molecular formula is C15H12Br2F3N. The Kier molecular flexibility index (Phi) is 5.11. The predicted molar refractivity (Wildman–Crippen MR) is 83.9 cm³/mol. The summed E-state index contributed by atoms with van der Waals surface area (Å²) in [6.07, 6.45) is -3.84. The van der Waals surface area contributed by atoms with Crippen molar-refractivity contribution in [3.63, 3.8) is 0 Å². The van der Waals surface area contributed by atoms with Crippen molar-refractivity contribution in [1.82, 2.24) is 0 Å². The lowest BCUT2D eigenvalue weighted by molar-refractivity contribution is -0.137. The van der Waals surface area contributed by atoms with E-state index in [1.165, 1.54) is 12.1 Å². The Morgan fingerprint density at radius 2 is 1.48 bits per heavy atom. The van der Waals surface area contributed by atoms with Gasteiger partial charge in [0.15, 0.2) is 0 Å². The summed E-state index contributed by atoms with van der Waals surface area (Å²) >= 11 is 6.78. The third-order valence-corrected chi connectivity index (χ3v) is 3.97. The highest BCUT2D eigenvalue weighted by Gasteiger charge is 2.29. The van der Waals surface area contributed by atoms with Crippen molar-refractivity contribution in [2.24, 2.45) is 5.73 Å². The van der Waals surface area contributed by atoms with Crippen molar-refractivity contribution in [3.8, 4) is 0 Å². The summed E-state index contributed by atoms with van der Waals surface area (Å²) in [6.45, 7) is 0. The number of rotatable bonds is 3. The van der Waals surface area contributed by atoms with E-state index in [1.54, 1.807) is 0 Å². The summed E-state index contributed by atoms with van der Waals surface area (Å²) in [7, 11) is 0. The quantitative estimate of drug-likeness (QED) is 0.696. The Labute approximate surface area is 137 Å². The van der Waals surface area contributed by atoms with E-state index in [0.29, 0.717) is 6.42 Å². The molecule has 0 aliphatic carbocycles. The average molecular weight is 423 g/mol. The second kappa shape index (κ2) is 6.50. The second-order valence-corrected chi connectivity index (χ2v) is 6.54. The number of hydrogen-bond acceptors (Lipinski definition) is 1. The molecule has 0 saturated carbocycles. The summed E-state index contributed by atoms with van der Waals surface area (Å²) in [5, 5.41) is 0. The van der Waals surface area contributed by atoms with Crippen LogP contribution in [0.5, 0.6) is 0 Å². The molecule has 0 aliphatic heterocycles. The van der Waals surface area contributed by atoms with E-state index in [-0.39, 0.29) is 6.04 Å². The van der Waals surface area contributed by atoms with Crippen LogP contribution in [0.4, 0.5) is 13.2 Å². The van der Waals surface area contributed by atoms with Gasteiger partial charge >= 0.3 is 6.18 Å². The fourth-order valence-corrected chi connectivity index (χ4v) is 3.32. The van der Waals surface area contributed by atoms with Crippen LogP contribution in [0.3, 0.4) is 0 Å². The standard InChI is InChI=1S/C15H12Br2F3N/c16-12-6-10(7-13(17)8-12)14(21)5-9-1-3-11(4-2-9)15(18,19)20/h1-4,6-8,14H,5,21H2. The molecule has 0 radical (unpaired) electrons. The Bertz CT molecular complexity index is 604. The van der Waals surface area contributed by atoms with Crippen LogP contribution in [-0.4, -0.2) is 0 Å². The SMILES string of the molecule is NC(Cc1ccc(C(F)(F)F)cc1)c1cc(Br)cc(Br)c1. The van der Waals surface area contributed by atoms with Crippen LogP contribution in [0, 0.1) is 0 Å². The molecule has 1 atom stereocenters. The highest BCUT2D eigenvalue weighted by Crippen LogP contribution is 2.30. The van der Waals surface area contributed by atoms with Crippen LogP contribution < -0.4 is 5.73 Å². The highest BCUT2D eigenvalue weighted by molar-refractivity contribution is 9.11. The molecule has 2 N–H and O–H groups in total. The first-order chi connectivity index (χ1) is 9.75. The Morgan fingerprint density at radius 1 is 0.952 bits per heavy atom. The summed E-state index contributed by atoms with van der Waals surface area (Å²) in [6, 6.07) is 10.5. The molecule has 0 bridgehead atoms. The van der Waals surface area contributed by atoms with Crippen LogP contribution in [0.2, 0.25) is 0 Å². The van der Waals surface area contributed by atoms with Crippen LogP contribution in [0.15, 0.2) is 51.4 Å². The fraction of sp³-hybridized carbons (Fsp3) is 0.200. The number of alkyl halides is 3. The number of benzene rings is 2. The molecule has 0 fully saturated rings. The lowest BCUT2D eigenvalue weighted by atomic mass is 9.99. The molecule has 112 valence electrons. The number of nitrogens with two attached hydrogens (primary N) is 1. The largest absolute Gasteiger partial charge is 0.416 e. The van der Waals surface area contributed by atoms with Gasteiger partial charge in [0.2, 0.25) is 0 Å². The summed E-state index contributed by atoms with van der Waals surface area (Å²) in [4.78, 5) is 0. The first-order valence-electron chi connectivity index (χ1n) is 6.13. The van der Waals surface area contributed by atoms with Gasteiger partial charge in [-0.3, -0.25) is 0 Å². The van der Waals surface area contributed by atoms with Gasteiger partial charge in [-0.1, -0.05) is 44.0 Å². The van der Waals surface area contributed by atoms with E-state index in [2.05, 4.69) is 31.9 Å². The van der Waals surface area contributed by atoms with Crippen molar-refractivity contribution in [2.45, 2.75) is 18.6 Å². The molecule has 0 aromatic heterocycles. The van der Waals surface area contributed by atoms with Gasteiger partial charge in [-0.05, 0) is 47.9 Å². The molecule has 21 heavy (non-hydrogen) atoms. The predicted octanol–water partition coefficient (Wildman–Crippen LogP) is 5.47. The molecule has 0 amide bonds. The van der Waals surface area contributed by atoms with E-state index in [9.17, 15) is 13.2 Å². The zero-order valence-corrected chi connectivity index (χ0v) is 14.0. The van der Waals surface area contributed by atoms with Crippen molar-refractivity contribution < 1.29 is 13.2 Å². The third-order valence-electron chi connectivity index (χ3n) is 3.05. The summed E-state index contributed by atoms with van der Waals surface area (Å²) in [5.74, 6) is 0. The third kappa shape index (κ3) is 4.56. The van der Waals surface area contributed by atoms with Gasteiger partial charge in [0.1, 0.15) is 0 Å². The van der Waals surface area contributed by atoms with Gasteiger partial charge in [-0.15, -0.1) is 0 Å². The van der Waals surface area contributed by atoms with E-state index in [4.69, 9.17) is 5.73 Å². The molecule has 1 unspecified atom stereocenters. The number of halogens is 5.